The second-order valence-corrected chi connectivity index (χ2v) is 7.80. The highest BCUT2D eigenvalue weighted by atomic mass is 35.5. The van der Waals surface area contributed by atoms with Crippen LogP contribution in [0.15, 0.2) is 65.7 Å². The molecule has 1 amide bonds. The van der Waals surface area contributed by atoms with Gasteiger partial charge >= 0.3 is 5.91 Å². The van der Waals surface area contributed by atoms with Crippen molar-refractivity contribution in [3.63, 3.8) is 0 Å². The van der Waals surface area contributed by atoms with Gasteiger partial charge in [0.2, 0.25) is 0 Å². The first kappa shape index (κ1) is 20.1. The van der Waals surface area contributed by atoms with E-state index in [2.05, 4.69) is 4.98 Å². The van der Waals surface area contributed by atoms with Gasteiger partial charge in [0.25, 0.3) is 5.78 Å². The number of aromatic nitrogens is 1. The van der Waals surface area contributed by atoms with Gasteiger partial charge in [-0.1, -0.05) is 23.7 Å². The van der Waals surface area contributed by atoms with Crippen molar-refractivity contribution in [2.75, 3.05) is 11.5 Å². The molecule has 8 heteroatoms. The number of amides is 1. The molecule has 1 atom stereocenters. The fraction of sp³-hybridized carbons (Fsp3) is 0.136. The molecule has 2 aromatic carbocycles. The van der Waals surface area contributed by atoms with Crippen LogP contribution in [0, 0.1) is 0 Å². The number of nitrogens with zero attached hydrogens (tertiary/aromatic N) is 2. The summed E-state index contributed by atoms with van der Waals surface area (Å²) in [5.74, 6) is -1.11. The van der Waals surface area contributed by atoms with Crippen LogP contribution in [0.4, 0.5) is 5.13 Å². The molecule has 0 aliphatic carbocycles. The second kappa shape index (κ2) is 8.30. The summed E-state index contributed by atoms with van der Waals surface area (Å²) in [5.41, 5.74) is 1.05. The fourth-order valence-corrected chi connectivity index (χ4v) is 4.15. The van der Waals surface area contributed by atoms with Crippen molar-refractivity contribution >= 4 is 45.5 Å². The number of Topliss-reactive ketones (excluding diaryl/α,β-unsaturated/α-hetero) is 1. The quantitative estimate of drug-likeness (QED) is 0.349. The highest BCUT2D eigenvalue weighted by Crippen LogP contribution is 2.42. The van der Waals surface area contributed by atoms with Crippen LogP contribution in [-0.2, 0) is 9.59 Å². The molecule has 1 N–H and O–H groups in total. The van der Waals surface area contributed by atoms with E-state index in [0.717, 1.165) is 0 Å². The van der Waals surface area contributed by atoms with Crippen molar-refractivity contribution in [2.24, 2.45) is 0 Å². The van der Waals surface area contributed by atoms with Gasteiger partial charge in [-0.2, -0.15) is 0 Å². The summed E-state index contributed by atoms with van der Waals surface area (Å²) in [7, 11) is 0. The molecule has 1 aliphatic rings. The maximum atomic E-state index is 13.0. The standard InChI is InChI=1S/C22H17ClN2O4S/c1-2-29-16-9-5-14(6-10-16)19(26)17-18(13-3-7-15(23)8-4-13)25(21(28)20(17)27)22-24-11-12-30-22/h3-12,18,26H,2H2,1H3/t18-/m0/s1. The summed E-state index contributed by atoms with van der Waals surface area (Å²) in [6.45, 7) is 2.39. The van der Waals surface area contributed by atoms with E-state index in [1.54, 1.807) is 60.1 Å². The van der Waals surface area contributed by atoms with E-state index in [1.165, 1.54) is 16.2 Å². The molecule has 0 spiro atoms. The smallest absolute Gasteiger partial charge is 0.301 e. The van der Waals surface area contributed by atoms with Gasteiger partial charge in [-0.25, -0.2) is 4.98 Å². The Hall–Kier alpha value is -3.16. The Balaban J connectivity index is 1.86. The number of rotatable bonds is 5. The van der Waals surface area contributed by atoms with E-state index in [1.807, 2.05) is 6.92 Å². The molecule has 3 aromatic rings. The third kappa shape index (κ3) is 3.58. The first-order chi connectivity index (χ1) is 14.5. The second-order valence-electron chi connectivity index (χ2n) is 6.49. The van der Waals surface area contributed by atoms with Crippen LogP contribution < -0.4 is 9.64 Å². The molecular formula is C22H17ClN2O4S. The lowest BCUT2D eigenvalue weighted by atomic mass is 9.95. The molecule has 1 aliphatic heterocycles. The molecule has 6 nitrogen and oxygen atoms in total. The molecule has 4 rings (SSSR count). The zero-order chi connectivity index (χ0) is 21.3. The summed E-state index contributed by atoms with van der Waals surface area (Å²) >= 11 is 7.26. The Labute approximate surface area is 182 Å². The SMILES string of the molecule is CCOc1ccc(C(O)=C2C(=O)C(=O)N(c3nccs3)[C@H]2c2ccc(Cl)cc2)cc1. The van der Waals surface area contributed by atoms with Crippen LogP contribution in [-0.4, -0.2) is 28.4 Å². The summed E-state index contributed by atoms with van der Waals surface area (Å²) in [6, 6.07) is 12.7. The lowest BCUT2D eigenvalue weighted by Crippen LogP contribution is -2.29. The van der Waals surface area contributed by atoms with Gasteiger partial charge in [-0.15, -0.1) is 11.3 Å². The normalized spacial score (nSPS) is 18.1. The van der Waals surface area contributed by atoms with E-state index < -0.39 is 17.7 Å². The number of carbonyl (C=O) groups is 2. The minimum absolute atomic E-state index is 0.00156. The van der Waals surface area contributed by atoms with Gasteiger partial charge in [0.1, 0.15) is 11.5 Å². The lowest BCUT2D eigenvalue weighted by molar-refractivity contribution is -0.132. The number of anilines is 1. The van der Waals surface area contributed by atoms with E-state index >= 15 is 0 Å². The Bertz CT molecular complexity index is 1110. The van der Waals surface area contributed by atoms with Gasteiger partial charge in [-0.05, 0) is 48.9 Å². The number of ether oxygens (including phenoxy) is 1. The number of hydrogen-bond donors (Lipinski definition) is 1. The molecule has 0 unspecified atom stereocenters. The lowest BCUT2D eigenvalue weighted by Gasteiger charge is -2.23. The van der Waals surface area contributed by atoms with Crippen LogP contribution >= 0.6 is 22.9 Å². The van der Waals surface area contributed by atoms with Crippen molar-refractivity contribution in [3.05, 3.63) is 81.8 Å². The average Bonchev–Trinajstić information content (AvgIpc) is 3.36. The Kier molecular flexibility index (Phi) is 5.57. The van der Waals surface area contributed by atoms with E-state index in [4.69, 9.17) is 16.3 Å². The van der Waals surface area contributed by atoms with Crippen molar-refractivity contribution in [1.29, 1.82) is 0 Å². The summed E-state index contributed by atoms with van der Waals surface area (Å²) in [5, 5.41) is 13.7. The van der Waals surface area contributed by atoms with Crippen molar-refractivity contribution < 1.29 is 19.4 Å². The van der Waals surface area contributed by atoms with Gasteiger partial charge in [0, 0.05) is 22.2 Å². The van der Waals surface area contributed by atoms with E-state index in [0.29, 0.717) is 33.6 Å². The number of benzene rings is 2. The molecule has 1 fully saturated rings. The molecule has 2 heterocycles. The van der Waals surface area contributed by atoms with Crippen LogP contribution in [0.25, 0.3) is 5.76 Å². The molecule has 152 valence electrons. The topological polar surface area (TPSA) is 79.7 Å². The Morgan fingerprint density at radius 2 is 1.87 bits per heavy atom. The van der Waals surface area contributed by atoms with Crippen LogP contribution in [0.3, 0.4) is 0 Å². The highest BCUT2D eigenvalue weighted by molar-refractivity contribution is 7.14. The predicted octanol–water partition coefficient (Wildman–Crippen LogP) is 4.82. The van der Waals surface area contributed by atoms with Crippen molar-refractivity contribution in [1.82, 2.24) is 4.98 Å². The third-order valence-corrected chi connectivity index (χ3v) is 5.72. The molecule has 30 heavy (non-hydrogen) atoms. The predicted molar refractivity (Wildman–Crippen MR) is 116 cm³/mol. The number of aliphatic hydroxyl groups excluding tert-OH is 1. The Morgan fingerprint density at radius 3 is 2.47 bits per heavy atom. The molecular weight excluding hydrogens is 424 g/mol. The first-order valence-corrected chi connectivity index (χ1v) is 10.5. The van der Waals surface area contributed by atoms with Gasteiger partial charge in [0.15, 0.2) is 5.13 Å². The van der Waals surface area contributed by atoms with Crippen molar-refractivity contribution in [3.8, 4) is 5.75 Å². The molecule has 1 aromatic heterocycles. The first-order valence-electron chi connectivity index (χ1n) is 9.20. The molecule has 0 bridgehead atoms. The van der Waals surface area contributed by atoms with Crippen LogP contribution in [0.2, 0.25) is 5.02 Å². The zero-order valence-electron chi connectivity index (χ0n) is 15.9. The fourth-order valence-electron chi connectivity index (χ4n) is 3.36. The number of aliphatic hydroxyl groups is 1. The summed E-state index contributed by atoms with van der Waals surface area (Å²) in [6.07, 6.45) is 1.56. The third-order valence-electron chi connectivity index (χ3n) is 4.69. The van der Waals surface area contributed by atoms with Crippen LogP contribution in [0.1, 0.15) is 24.1 Å². The molecule has 0 radical (unpaired) electrons. The summed E-state index contributed by atoms with van der Waals surface area (Å²) < 4.78 is 5.43. The largest absolute Gasteiger partial charge is 0.507 e. The molecule has 0 saturated carbocycles. The van der Waals surface area contributed by atoms with Crippen molar-refractivity contribution in [2.45, 2.75) is 13.0 Å². The maximum Gasteiger partial charge on any atom is 0.301 e. The minimum Gasteiger partial charge on any atom is -0.507 e. The Morgan fingerprint density at radius 1 is 1.17 bits per heavy atom. The number of halogens is 1. The van der Waals surface area contributed by atoms with E-state index in [-0.39, 0.29) is 11.3 Å². The molecule has 1 saturated heterocycles. The zero-order valence-corrected chi connectivity index (χ0v) is 17.5. The highest BCUT2D eigenvalue weighted by Gasteiger charge is 2.47. The number of thiazole rings is 1. The summed E-state index contributed by atoms with van der Waals surface area (Å²) in [4.78, 5) is 31.4. The number of carbonyl (C=O) groups excluding carboxylic acids is 2. The minimum atomic E-state index is -0.819. The average molecular weight is 441 g/mol. The maximum absolute atomic E-state index is 13.0. The van der Waals surface area contributed by atoms with Crippen LogP contribution in [0.5, 0.6) is 5.75 Å². The van der Waals surface area contributed by atoms with Gasteiger partial charge in [0.05, 0.1) is 18.2 Å². The number of ketones is 1. The monoisotopic (exact) mass is 440 g/mol. The van der Waals surface area contributed by atoms with Gasteiger partial charge in [-0.3, -0.25) is 14.5 Å². The van der Waals surface area contributed by atoms with E-state index in [9.17, 15) is 14.7 Å². The van der Waals surface area contributed by atoms with Gasteiger partial charge < -0.3 is 9.84 Å². The number of hydrogen-bond acceptors (Lipinski definition) is 6.